The monoisotopic (exact) mass is 154 g/mol. The second-order valence-corrected chi connectivity index (χ2v) is 2.91. The Hall–Kier alpha value is -1.12. The van der Waals surface area contributed by atoms with Crippen LogP contribution in [0.1, 0.15) is 19.3 Å². The number of carboxylic acid groups (broad SMARTS) is 1. The zero-order valence-corrected chi connectivity index (χ0v) is 6.17. The molecule has 0 aliphatic heterocycles. The number of Topliss-reactive ketones (excluding diaryl/α,β-unsaturated/α-hetero) is 1. The minimum absolute atomic E-state index is 0.00588. The molecule has 1 saturated carbocycles. The van der Waals surface area contributed by atoms with Gasteiger partial charge in [-0.25, -0.2) is 0 Å². The van der Waals surface area contributed by atoms with Gasteiger partial charge in [0.15, 0.2) is 0 Å². The predicted molar refractivity (Wildman–Crippen MR) is 39.1 cm³/mol. The fourth-order valence-corrected chi connectivity index (χ4v) is 1.29. The lowest BCUT2D eigenvalue weighted by Crippen LogP contribution is -2.23. The summed E-state index contributed by atoms with van der Waals surface area (Å²) in [7, 11) is 0. The van der Waals surface area contributed by atoms with Crippen molar-refractivity contribution in [1.29, 1.82) is 0 Å². The Balaban J connectivity index is 2.63. The molecule has 0 bridgehead atoms. The van der Waals surface area contributed by atoms with Crippen LogP contribution in [0.2, 0.25) is 0 Å². The molecule has 0 aromatic carbocycles. The molecule has 1 aliphatic carbocycles. The summed E-state index contributed by atoms with van der Waals surface area (Å²) in [5.41, 5.74) is 0.744. The molecule has 0 radical (unpaired) electrons. The molecule has 1 atom stereocenters. The van der Waals surface area contributed by atoms with Crippen molar-refractivity contribution in [3.63, 3.8) is 0 Å². The number of carbonyl (C=O) groups is 2. The average molecular weight is 154 g/mol. The summed E-state index contributed by atoms with van der Waals surface area (Å²) >= 11 is 0. The molecule has 60 valence electrons. The molecule has 3 heteroatoms. The molecule has 0 saturated heterocycles. The number of hydrogen-bond acceptors (Lipinski definition) is 2. The number of carbonyl (C=O) groups excluding carboxylic acids is 1. The van der Waals surface area contributed by atoms with Crippen LogP contribution in [0.15, 0.2) is 12.2 Å². The van der Waals surface area contributed by atoms with Gasteiger partial charge in [-0.15, -0.1) is 0 Å². The lowest BCUT2D eigenvalue weighted by Gasteiger charge is -2.18. The van der Waals surface area contributed by atoms with Crippen LogP contribution in [0, 0.1) is 5.92 Å². The van der Waals surface area contributed by atoms with Crippen molar-refractivity contribution in [1.82, 2.24) is 0 Å². The summed E-state index contributed by atoms with van der Waals surface area (Å²) in [6, 6.07) is 0. The number of rotatable bonds is 1. The Labute approximate surface area is 64.7 Å². The molecule has 1 aliphatic rings. The second-order valence-electron chi connectivity index (χ2n) is 2.91. The van der Waals surface area contributed by atoms with Crippen LogP contribution in [0.3, 0.4) is 0 Å². The van der Waals surface area contributed by atoms with Crippen LogP contribution < -0.4 is 0 Å². The molecule has 1 unspecified atom stereocenters. The lowest BCUT2D eigenvalue weighted by molar-refractivity contribution is -0.144. The Morgan fingerprint density at radius 1 is 1.55 bits per heavy atom. The fourth-order valence-electron chi connectivity index (χ4n) is 1.29. The van der Waals surface area contributed by atoms with Crippen molar-refractivity contribution in [2.75, 3.05) is 0 Å². The minimum atomic E-state index is -0.890. The smallest absolute Gasteiger partial charge is 0.307 e. The van der Waals surface area contributed by atoms with Crippen molar-refractivity contribution in [3.8, 4) is 0 Å². The van der Waals surface area contributed by atoms with E-state index in [1.807, 2.05) is 0 Å². The molecule has 1 fully saturated rings. The Bertz CT molecular complexity index is 201. The summed E-state index contributed by atoms with van der Waals surface area (Å²) in [6.45, 7) is 3.61. The quantitative estimate of drug-likeness (QED) is 0.573. The fraction of sp³-hybridized carbons (Fsp3) is 0.500. The third kappa shape index (κ3) is 1.90. The highest BCUT2D eigenvalue weighted by atomic mass is 16.4. The molecule has 11 heavy (non-hydrogen) atoms. The molecule has 0 amide bonds. The molecule has 0 spiro atoms. The SMILES string of the molecule is C=C1CC(=O)CC(C(=O)O)C1. The first-order valence-corrected chi connectivity index (χ1v) is 3.50. The topological polar surface area (TPSA) is 54.4 Å². The van der Waals surface area contributed by atoms with Gasteiger partial charge in [-0.3, -0.25) is 9.59 Å². The van der Waals surface area contributed by atoms with Crippen molar-refractivity contribution in [2.45, 2.75) is 19.3 Å². The third-order valence-electron chi connectivity index (χ3n) is 1.81. The van der Waals surface area contributed by atoms with E-state index < -0.39 is 11.9 Å². The van der Waals surface area contributed by atoms with Gasteiger partial charge in [-0.2, -0.15) is 0 Å². The molecule has 3 nitrogen and oxygen atoms in total. The Morgan fingerprint density at radius 2 is 2.18 bits per heavy atom. The van der Waals surface area contributed by atoms with E-state index in [9.17, 15) is 9.59 Å². The standard InChI is InChI=1S/C8H10O3/c1-5-2-6(8(10)11)4-7(9)3-5/h6H,1-4H2,(H,10,11). The summed E-state index contributed by atoms with van der Waals surface area (Å²) in [5.74, 6) is -1.42. The normalized spacial score (nSPS) is 25.3. The molecule has 0 aromatic heterocycles. The third-order valence-corrected chi connectivity index (χ3v) is 1.81. The van der Waals surface area contributed by atoms with Gasteiger partial charge in [0.2, 0.25) is 0 Å². The number of aliphatic carboxylic acids is 1. The molecule has 0 aromatic rings. The molecule has 1 rings (SSSR count). The summed E-state index contributed by atoms with van der Waals surface area (Å²) in [6.07, 6.45) is 0.999. The van der Waals surface area contributed by atoms with Crippen molar-refractivity contribution >= 4 is 11.8 Å². The van der Waals surface area contributed by atoms with Gasteiger partial charge in [0.1, 0.15) is 5.78 Å². The van der Waals surface area contributed by atoms with Crippen LogP contribution in [-0.4, -0.2) is 16.9 Å². The number of carboxylic acids is 1. The van der Waals surface area contributed by atoms with Crippen LogP contribution >= 0.6 is 0 Å². The largest absolute Gasteiger partial charge is 0.481 e. The van der Waals surface area contributed by atoms with Gasteiger partial charge in [0, 0.05) is 12.8 Å². The summed E-state index contributed by atoms with van der Waals surface area (Å²) < 4.78 is 0. The van der Waals surface area contributed by atoms with E-state index >= 15 is 0 Å². The Kier molecular flexibility index (Phi) is 2.08. The van der Waals surface area contributed by atoms with Crippen molar-refractivity contribution < 1.29 is 14.7 Å². The number of ketones is 1. The van der Waals surface area contributed by atoms with E-state index in [2.05, 4.69) is 6.58 Å². The van der Waals surface area contributed by atoms with Crippen LogP contribution in [0.25, 0.3) is 0 Å². The van der Waals surface area contributed by atoms with Crippen LogP contribution in [0.4, 0.5) is 0 Å². The predicted octanol–water partition coefficient (Wildman–Crippen LogP) is 0.996. The molecular formula is C8H10O3. The van der Waals surface area contributed by atoms with E-state index in [0.29, 0.717) is 12.8 Å². The van der Waals surface area contributed by atoms with E-state index in [-0.39, 0.29) is 12.2 Å². The first kappa shape index (κ1) is 7.98. The highest BCUT2D eigenvalue weighted by Gasteiger charge is 2.26. The van der Waals surface area contributed by atoms with Crippen LogP contribution in [0.5, 0.6) is 0 Å². The Morgan fingerprint density at radius 3 is 2.64 bits per heavy atom. The zero-order valence-electron chi connectivity index (χ0n) is 6.17. The molecular weight excluding hydrogens is 144 g/mol. The molecule has 0 heterocycles. The molecule has 1 N–H and O–H groups in total. The first-order valence-electron chi connectivity index (χ1n) is 3.50. The number of hydrogen-bond donors (Lipinski definition) is 1. The van der Waals surface area contributed by atoms with Crippen molar-refractivity contribution in [2.24, 2.45) is 5.92 Å². The van der Waals surface area contributed by atoms with Gasteiger partial charge in [0.25, 0.3) is 0 Å². The zero-order chi connectivity index (χ0) is 8.43. The maximum Gasteiger partial charge on any atom is 0.307 e. The maximum absolute atomic E-state index is 10.9. The summed E-state index contributed by atoms with van der Waals surface area (Å²) in [5, 5.41) is 8.58. The van der Waals surface area contributed by atoms with Gasteiger partial charge in [-0.1, -0.05) is 12.2 Å². The van der Waals surface area contributed by atoms with E-state index in [1.54, 1.807) is 0 Å². The highest BCUT2D eigenvalue weighted by molar-refractivity contribution is 5.87. The van der Waals surface area contributed by atoms with E-state index in [1.165, 1.54) is 0 Å². The summed E-state index contributed by atoms with van der Waals surface area (Å²) in [4.78, 5) is 21.3. The van der Waals surface area contributed by atoms with Crippen molar-refractivity contribution in [3.05, 3.63) is 12.2 Å². The second kappa shape index (κ2) is 2.86. The van der Waals surface area contributed by atoms with E-state index in [4.69, 9.17) is 5.11 Å². The number of allylic oxidation sites excluding steroid dienone is 1. The van der Waals surface area contributed by atoms with Gasteiger partial charge >= 0.3 is 5.97 Å². The minimum Gasteiger partial charge on any atom is -0.481 e. The van der Waals surface area contributed by atoms with Crippen LogP contribution in [-0.2, 0) is 9.59 Å². The average Bonchev–Trinajstić information content (AvgIpc) is 1.85. The van der Waals surface area contributed by atoms with Gasteiger partial charge in [0.05, 0.1) is 5.92 Å². The lowest BCUT2D eigenvalue weighted by atomic mass is 9.85. The van der Waals surface area contributed by atoms with Gasteiger partial charge < -0.3 is 5.11 Å². The van der Waals surface area contributed by atoms with E-state index in [0.717, 1.165) is 5.57 Å². The maximum atomic E-state index is 10.9. The van der Waals surface area contributed by atoms with Gasteiger partial charge in [-0.05, 0) is 6.42 Å². The first-order chi connectivity index (χ1) is 5.09. The highest BCUT2D eigenvalue weighted by Crippen LogP contribution is 2.24.